The predicted octanol–water partition coefficient (Wildman–Crippen LogP) is 3.80. The first kappa shape index (κ1) is 19.1. The lowest BCUT2D eigenvalue weighted by Crippen LogP contribution is -2.43. The molecule has 0 aromatic carbocycles. The van der Waals surface area contributed by atoms with Crippen LogP contribution >= 0.6 is 0 Å². The fraction of sp³-hybridized carbons (Fsp3) is 0.500. The number of piperidine rings is 1. The maximum absolute atomic E-state index is 12.3. The summed E-state index contributed by atoms with van der Waals surface area (Å²) in [5.74, 6) is 1.83. The van der Waals surface area contributed by atoms with Gasteiger partial charge in [-0.05, 0) is 58.1 Å². The molecule has 3 heterocycles. The predicted molar refractivity (Wildman–Crippen MR) is 104 cm³/mol. The maximum atomic E-state index is 12.3. The summed E-state index contributed by atoms with van der Waals surface area (Å²) in [4.78, 5) is 27.1. The topological polar surface area (TPSA) is 80.2 Å². The largest absolute Gasteiger partial charge is 0.444 e. The van der Waals surface area contributed by atoms with Crippen LogP contribution in [0, 0.1) is 5.92 Å². The smallest absolute Gasteiger partial charge is 0.410 e. The van der Waals surface area contributed by atoms with Crippen LogP contribution in [0.1, 0.15) is 39.3 Å². The van der Waals surface area contributed by atoms with Crippen molar-refractivity contribution in [3.05, 3.63) is 42.5 Å². The maximum Gasteiger partial charge on any atom is 0.410 e. The molecular formula is C20H27N5O2. The van der Waals surface area contributed by atoms with E-state index in [0.29, 0.717) is 12.5 Å². The molecule has 2 aromatic rings. The lowest BCUT2D eigenvalue weighted by Gasteiger charge is -2.34. The number of likely N-dealkylation sites (tertiary alicyclic amines) is 1. The number of pyridine rings is 1. The highest BCUT2D eigenvalue weighted by Gasteiger charge is 2.27. The second-order valence-electron chi connectivity index (χ2n) is 7.87. The van der Waals surface area contributed by atoms with E-state index in [9.17, 15) is 4.79 Å². The van der Waals surface area contributed by atoms with Crippen molar-refractivity contribution in [2.24, 2.45) is 5.92 Å². The number of hydrogen-bond acceptors (Lipinski definition) is 6. The second-order valence-corrected chi connectivity index (χ2v) is 7.87. The van der Waals surface area contributed by atoms with Crippen molar-refractivity contribution in [2.75, 3.05) is 18.4 Å². The van der Waals surface area contributed by atoms with Crippen molar-refractivity contribution in [2.45, 2.75) is 45.6 Å². The first-order chi connectivity index (χ1) is 12.9. The summed E-state index contributed by atoms with van der Waals surface area (Å²) in [5, 5.41) is 3.19. The van der Waals surface area contributed by atoms with Gasteiger partial charge in [-0.2, -0.15) is 0 Å². The van der Waals surface area contributed by atoms with E-state index in [1.54, 1.807) is 12.5 Å². The summed E-state index contributed by atoms with van der Waals surface area (Å²) in [7, 11) is 0. The number of rotatable bonds is 4. The highest BCUT2D eigenvalue weighted by Crippen LogP contribution is 2.23. The molecule has 1 atom stereocenters. The number of aromatic nitrogens is 3. The number of ether oxygens (including phenoxy) is 1. The fourth-order valence-corrected chi connectivity index (χ4v) is 3.17. The molecule has 0 radical (unpaired) electrons. The van der Waals surface area contributed by atoms with Gasteiger partial charge in [0.1, 0.15) is 23.6 Å². The van der Waals surface area contributed by atoms with Crippen LogP contribution in [0.5, 0.6) is 0 Å². The van der Waals surface area contributed by atoms with Crippen LogP contribution in [0.25, 0.3) is 0 Å². The highest BCUT2D eigenvalue weighted by atomic mass is 16.6. The van der Waals surface area contributed by atoms with Crippen molar-refractivity contribution in [1.82, 2.24) is 19.9 Å². The Morgan fingerprint density at radius 1 is 1.26 bits per heavy atom. The number of amides is 1. The normalized spacial score (nSPS) is 17.4. The number of carbonyl (C=O) groups is 1. The highest BCUT2D eigenvalue weighted by molar-refractivity contribution is 5.68. The van der Waals surface area contributed by atoms with E-state index < -0.39 is 5.60 Å². The first-order valence-corrected chi connectivity index (χ1v) is 9.36. The monoisotopic (exact) mass is 369 g/mol. The van der Waals surface area contributed by atoms with E-state index in [1.165, 1.54) is 0 Å². The van der Waals surface area contributed by atoms with Crippen molar-refractivity contribution < 1.29 is 9.53 Å². The van der Waals surface area contributed by atoms with Crippen LogP contribution in [0.15, 0.2) is 36.8 Å². The quantitative estimate of drug-likeness (QED) is 0.883. The minimum Gasteiger partial charge on any atom is -0.444 e. The molecule has 3 rings (SSSR count). The number of hydrogen-bond donors (Lipinski definition) is 1. The summed E-state index contributed by atoms with van der Waals surface area (Å²) in [6.45, 7) is 7.12. The van der Waals surface area contributed by atoms with Crippen LogP contribution in [-0.2, 0) is 11.2 Å². The van der Waals surface area contributed by atoms with Crippen LogP contribution in [0.4, 0.5) is 16.4 Å². The molecular weight excluding hydrogens is 342 g/mol. The molecule has 1 saturated heterocycles. The second kappa shape index (κ2) is 8.33. The Kier molecular flexibility index (Phi) is 5.88. The summed E-state index contributed by atoms with van der Waals surface area (Å²) < 4.78 is 5.51. The van der Waals surface area contributed by atoms with Crippen LogP contribution in [-0.4, -0.2) is 44.6 Å². The Labute approximate surface area is 160 Å². The van der Waals surface area contributed by atoms with Gasteiger partial charge in [0.25, 0.3) is 0 Å². The van der Waals surface area contributed by atoms with Gasteiger partial charge in [0.15, 0.2) is 0 Å². The first-order valence-electron chi connectivity index (χ1n) is 9.36. The van der Waals surface area contributed by atoms with Gasteiger partial charge in [0, 0.05) is 31.0 Å². The molecule has 1 amide bonds. The molecule has 1 unspecified atom stereocenters. The molecule has 1 fully saturated rings. The third-order valence-corrected chi connectivity index (χ3v) is 4.31. The van der Waals surface area contributed by atoms with E-state index in [1.807, 2.05) is 49.9 Å². The number of anilines is 2. The van der Waals surface area contributed by atoms with Crippen LogP contribution in [0.2, 0.25) is 0 Å². The average Bonchev–Trinajstić information content (AvgIpc) is 2.62. The van der Waals surface area contributed by atoms with E-state index in [-0.39, 0.29) is 6.09 Å². The molecule has 7 nitrogen and oxygen atoms in total. The van der Waals surface area contributed by atoms with E-state index in [0.717, 1.165) is 43.1 Å². The summed E-state index contributed by atoms with van der Waals surface area (Å²) in [6, 6.07) is 7.63. The zero-order valence-corrected chi connectivity index (χ0v) is 16.2. The van der Waals surface area contributed by atoms with E-state index in [2.05, 4.69) is 20.3 Å². The molecule has 0 saturated carbocycles. The van der Waals surface area contributed by atoms with Gasteiger partial charge in [0.05, 0.1) is 0 Å². The van der Waals surface area contributed by atoms with Crippen molar-refractivity contribution in [1.29, 1.82) is 0 Å². The zero-order chi connectivity index (χ0) is 19.3. The Morgan fingerprint density at radius 2 is 2.11 bits per heavy atom. The van der Waals surface area contributed by atoms with Crippen molar-refractivity contribution >= 4 is 17.7 Å². The molecule has 2 aromatic heterocycles. The Bertz CT molecular complexity index is 760. The number of nitrogens with one attached hydrogen (secondary N) is 1. The molecule has 1 aliphatic heterocycles. The van der Waals surface area contributed by atoms with Gasteiger partial charge in [-0.15, -0.1) is 0 Å². The lowest BCUT2D eigenvalue weighted by atomic mass is 9.93. The van der Waals surface area contributed by atoms with Gasteiger partial charge in [-0.3, -0.25) is 0 Å². The SMILES string of the molecule is CC(C)(C)OC(=O)N1CCCC(Cc2cc(Nc3ccccn3)ncn2)C1. The van der Waals surface area contributed by atoms with Gasteiger partial charge in [-0.1, -0.05) is 6.07 Å². The molecule has 27 heavy (non-hydrogen) atoms. The summed E-state index contributed by atoms with van der Waals surface area (Å²) in [6.07, 6.45) is 5.93. The summed E-state index contributed by atoms with van der Waals surface area (Å²) >= 11 is 0. The third kappa shape index (κ3) is 5.91. The fourth-order valence-electron chi connectivity index (χ4n) is 3.17. The molecule has 0 aliphatic carbocycles. The van der Waals surface area contributed by atoms with E-state index in [4.69, 9.17) is 4.74 Å². The molecule has 7 heteroatoms. The van der Waals surface area contributed by atoms with Crippen molar-refractivity contribution in [3.8, 4) is 0 Å². The van der Waals surface area contributed by atoms with Crippen LogP contribution in [0.3, 0.4) is 0 Å². The number of carbonyl (C=O) groups excluding carboxylic acids is 1. The van der Waals surface area contributed by atoms with Crippen molar-refractivity contribution in [3.63, 3.8) is 0 Å². The zero-order valence-electron chi connectivity index (χ0n) is 16.2. The molecule has 1 N–H and O–H groups in total. The Balaban J connectivity index is 1.60. The van der Waals surface area contributed by atoms with E-state index >= 15 is 0 Å². The Hall–Kier alpha value is -2.70. The molecule has 144 valence electrons. The number of nitrogens with zero attached hydrogens (tertiary/aromatic N) is 4. The molecule has 1 aliphatic rings. The standard InChI is InChI=1S/C20H27N5O2/c1-20(2,3)27-19(26)25-10-6-7-15(13-25)11-16-12-18(23-14-22-16)24-17-8-4-5-9-21-17/h4-5,8-9,12,14-15H,6-7,10-11,13H2,1-3H3,(H,21,22,23,24). The van der Waals surface area contributed by atoms with Gasteiger partial charge in [0.2, 0.25) is 0 Å². The minimum absolute atomic E-state index is 0.229. The van der Waals surface area contributed by atoms with Crippen LogP contribution < -0.4 is 5.32 Å². The Morgan fingerprint density at radius 3 is 2.85 bits per heavy atom. The third-order valence-electron chi connectivity index (χ3n) is 4.31. The van der Waals surface area contributed by atoms with Gasteiger partial charge in [-0.25, -0.2) is 19.7 Å². The minimum atomic E-state index is -0.470. The average molecular weight is 369 g/mol. The molecule has 0 bridgehead atoms. The lowest BCUT2D eigenvalue weighted by molar-refractivity contribution is 0.0165. The van der Waals surface area contributed by atoms with Gasteiger partial charge >= 0.3 is 6.09 Å². The molecule has 0 spiro atoms. The summed E-state index contributed by atoms with van der Waals surface area (Å²) in [5.41, 5.74) is 0.488. The van der Waals surface area contributed by atoms with Gasteiger partial charge < -0.3 is 15.0 Å².